The second kappa shape index (κ2) is 12.9. The number of nitriles is 3. The van der Waals surface area contributed by atoms with Crippen molar-refractivity contribution in [3.8, 4) is 18.2 Å². The van der Waals surface area contributed by atoms with Crippen molar-refractivity contribution < 1.29 is 8.78 Å². The van der Waals surface area contributed by atoms with Gasteiger partial charge in [-0.3, -0.25) is 0 Å². The summed E-state index contributed by atoms with van der Waals surface area (Å²) in [6.07, 6.45) is 0.0130. The van der Waals surface area contributed by atoms with Gasteiger partial charge in [-0.15, -0.1) is 0 Å². The number of nitrogens with two attached hydrogens (primary N) is 2. The maximum atomic E-state index is 13.2. The maximum absolute atomic E-state index is 13.2. The predicted molar refractivity (Wildman–Crippen MR) is 112 cm³/mol. The van der Waals surface area contributed by atoms with E-state index in [1.165, 1.54) is 13.0 Å². The van der Waals surface area contributed by atoms with Crippen molar-refractivity contribution in [2.24, 2.45) is 0 Å². The average molecular weight is 534 g/mol. The summed E-state index contributed by atoms with van der Waals surface area (Å²) in [5.41, 5.74) is 11.9. The normalized spacial score (nSPS) is 8.82. The zero-order valence-corrected chi connectivity index (χ0v) is 18.5. The monoisotopic (exact) mass is 531 g/mol. The van der Waals surface area contributed by atoms with Crippen molar-refractivity contribution in [2.75, 3.05) is 11.5 Å². The highest BCUT2D eigenvalue weighted by Gasteiger charge is 2.13. The lowest BCUT2D eigenvalue weighted by Crippen LogP contribution is -1.96. The van der Waals surface area contributed by atoms with Gasteiger partial charge >= 0.3 is 0 Å². The van der Waals surface area contributed by atoms with Crippen LogP contribution < -0.4 is 11.5 Å². The number of hydrogen-bond donors (Lipinski definition) is 2. The van der Waals surface area contributed by atoms with Gasteiger partial charge in [-0.2, -0.15) is 15.8 Å². The van der Waals surface area contributed by atoms with Crippen LogP contribution in [0.5, 0.6) is 0 Å². The van der Waals surface area contributed by atoms with Gasteiger partial charge < -0.3 is 11.5 Å². The average Bonchev–Trinajstić information content (AvgIpc) is 2.61. The zero-order valence-electron chi connectivity index (χ0n) is 14.5. The van der Waals surface area contributed by atoms with E-state index in [1.54, 1.807) is 12.1 Å². The molecule has 0 radical (unpaired) electrons. The molecule has 0 aliphatic rings. The van der Waals surface area contributed by atoms with Crippen LogP contribution in [0.3, 0.4) is 0 Å². The molecule has 0 aromatic heterocycles. The lowest BCUT2D eigenvalue weighted by Gasteiger charge is -2.06. The van der Waals surface area contributed by atoms with Crippen molar-refractivity contribution in [2.45, 2.75) is 19.8 Å². The van der Waals surface area contributed by atoms with Gasteiger partial charge in [-0.1, -0.05) is 27.5 Å². The Bertz CT molecular complexity index is 939. The molecule has 0 heterocycles. The third-order valence-electron chi connectivity index (χ3n) is 2.96. The third-order valence-corrected chi connectivity index (χ3v) is 5.17. The van der Waals surface area contributed by atoms with E-state index in [0.29, 0.717) is 20.2 Å². The number of rotatable bonds is 2. The molecule has 0 spiro atoms. The SMILES string of the molecule is CC#N.N#CCc1c(F)cc(N)c(Cl)c1Br.N#CCc1c(F)cc(N)cc1Br. The van der Waals surface area contributed by atoms with E-state index in [9.17, 15) is 8.78 Å². The fraction of sp³-hybridized carbons (Fsp3) is 0.167. The van der Waals surface area contributed by atoms with Crippen LogP contribution in [-0.2, 0) is 12.8 Å². The smallest absolute Gasteiger partial charge is 0.130 e. The first kappa shape index (κ1) is 25.6. The molecule has 28 heavy (non-hydrogen) atoms. The van der Waals surface area contributed by atoms with Crippen molar-refractivity contribution in [3.05, 3.63) is 54.9 Å². The van der Waals surface area contributed by atoms with Crippen molar-refractivity contribution >= 4 is 54.8 Å². The molecule has 2 aromatic rings. The highest BCUT2D eigenvalue weighted by atomic mass is 79.9. The van der Waals surface area contributed by atoms with E-state index in [0.717, 1.165) is 6.07 Å². The van der Waals surface area contributed by atoms with Crippen LogP contribution in [0.25, 0.3) is 0 Å². The minimum atomic E-state index is -0.518. The maximum Gasteiger partial charge on any atom is 0.130 e. The molecule has 2 rings (SSSR count). The first-order valence-corrected chi connectivity index (χ1v) is 9.30. The Labute approximate surface area is 183 Å². The number of benzene rings is 2. The Kier molecular flexibility index (Phi) is 11.8. The molecule has 2 aromatic carbocycles. The Balaban J connectivity index is 0.000000458. The minimum absolute atomic E-state index is 0.0353. The van der Waals surface area contributed by atoms with Crippen LogP contribution in [0.1, 0.15) is 18.1 Å². The molecule has 10 heteroatoms. The molecule has 0 amide bonds. The quantitative estimate of drug-likeness (QED) is 0.381. The Morgan fingerprint density at radius 1 is 0.964 bits per heavy atom. The van der Waals surface area contributed by atoms with Crippen LogP contribution in [0.4, 0.5) is 20.2 Å². The van der Waals surface area contributed by atoms with Crippen LogP contribution in [-0.4, -0.2) is 0 Å². The molecule has 0 unspecified atom stereocenters. The van der Waals surface area contributed by atoms with E-state index >= 15 is 0 Å². The molecule has 146 valence electrons. The van der Waals surface area contributed by atoms with Crippen LogP contribution >= 0.6 is 43.5 Å². The number of nitrogens with zero attached hydrogens (tertiary/aromatic N) is 3. The lowest BCUT2D eigenvalue weighted by molar-refractivity contribution is 0.614. The summed E-state index contributed by atoms with van der Waals surface area (Å²) in [6.45, 7) is 1.43. The highest BCUT2D eigenvalue weighted by Crippen LogP contribution is 2.33. The molecule has 0 atom stereocenters. The van der Waals surface area contributed by atoms with E-state index in [1.807, 2.05) is 12.1 Å². The minimum Gasteiger partial charge on any atom is -0.399 e. The molecular weight excluding hydrogens is 519 g/mol. The van der Waals surface area contributed by atoms with E-state index < -0.39 is 11.6 Å². The molecule has 0 saturated carbocycles. The first-order valence-electron chi connectivity index (χ1n) is 7.34. The predicted octanol–water partition coefficient (Wildman–Crippen LogP) is 5.66. The number of nitrogen functional groups attached to an aromatic ring is 2. The summed E-state index contributed by atoms with van der Waals surface area (Å²) >= 11 is 12.0. The topological polar surface area (TPSA) is 123 Å². The van der Waals surface area contributed by atoms with Crippen molar-refractivity contribution in [1.82, 2.24) is 0 Å². The Morgan fingerprint density at radius 2 is 1.43 bits per heavy atom. The zero-order chi connectivity index (χ0) is 21.9. The van der Waals surface area contributed by atoms with Gasteiger partial charge in [-0.05, 0) is 34.1 Å². The number of hydrogen-bond acceptors (Lipinski definition) is 5. The van der Waals surface area contributed by atoms with Gasteiger partial charge in [0.05, 0.1) is 41.8 Å². The highest BCUT2D eigenvalue weighted by molar-refractivity contribution is 9.10. The van der Waals surface area contributed by atoms with Gasteiger partial charge in [0.15, 0.2) is 0 Å². The van der Waals surface area contributed by atoms with E-state index in [2.05, 4.69) is 31.9 Å². The summed E-state index contributed by atoms with van der Waals surface area (Å²) in [4.78, 5) is 0. The summed E-state index contributed by atoms with van der Waals surface area (Å²) in [5, 5.41) is 24.3. The van der Waals surface area contributed by atoms with Crippen LogP contribution in [0, 0.1) is 45.6 Å². The van der Waals surface area contributed by atoms with Crippen LogP contribution in [0.2, 0.25) is 5.02 Å². The van der Waals surface area contributed by atoms with Crippen molar-refractivity contribution in [3.63, 3.8) is 0 Å². The molecule has 5 nitrogen and oxygen atoms in total. The molecule has 0 bridgehead atoms. The molecule has 0 fully saturated rings. The second-order valence-electron chi connectivity index (χ2n) is 4.91. The summed E-state index contributed by atoms with van der Waals surface area (Å²) < 4.78 is 27.1. The second-order valence-corrected chi connectivity index (χ2v) is 6.94. The van der Waals surface area contributed by atoms with Gasteiger partial charge in [0.1, 0.15) is 11.6 Å². The largest absolute Gasteiger partial charge is 0.399 e. The van der Waals surface area contributed by atoms with Gasteiger partial charge in [0.25, 0.3) is 0 Å². The molecule has 0 aliphatic carbocycles. The van der Waals surface area contributed by atoms with Crippen molar-refractivity contribution in [1.29, 1.82) is 15.8 Å². The molecular formula is C18H14Br2ClF2N5. The standard InChI is InChI=1S/C8H5BrClFN2.C8H6BrFN2.C2H3N/c9-7-4(1-2-12)5(11)3-6(13)8(7)10;9-7-3-5(12)4-8(10)6(7)1-2-11;1-2-3/h3H,1,13H2;3-4H,1,12H2;1H3. The fourth-order valence-corrected chi connectivity index (χ4v) is 3.08. The molecule has 0 aliphatic heterocycles. The van der Waals surface area contributed by atoms with Gasteiger partial charge in [0, 0.05) is 32.7 Å². The number of halogens is 5. The van der Waals surface area contributed by atoms with Gasteiger partial charge in [0.2, 0.25) is 0 Å². The van der Waals surface area contributed by atoms with E-state index in [-0.39, 0.29) is 29.1 Å². The number of anilines is 2. The summed E-state index contributed by atoms with van der Waals surface area (Å²) in [7, 11) is 0. The first-order chi connectivity index (χ1) is 13.1. The molecule has 4 N–H and O–H groups in total. The molecule has 0 saturated heterocycles. The van der Waals surface area contributed by atoms with E-state index in [4.69, 9.17) is 38.9 Å². The fourth-order valence-electron chi connectivity index (χ4n) is 1.76. The lowest BCUT2D eigenvalue weighted by atomic mass is 10.1. The summed E-state index contributed by atoms with van der Waals surface area (Å²) in [5.74, 6) is -0.959. The Morgan fingerprint density at radius 3 is 1.89 bits per heavy atom. The van der Waals surface area contributed by atoms with Gasteiger partial charge in [-0.25, -0.2) is 8.78 Å². The summed E-state index contributed by atoms with van der Waals surface area (Å²) in [6, 6.07) is 9.36. The Hall–Kier alpha value is -2.38. The van der Waals surface area contributed by atoms with Crippen LogP contribution in [0.15, 0.2) is 27.1 Å². The third kappa shape index (κ3) is 7.70.